The number of rotatable bonds is 14. The molecule has 4 nitrogen and oxygen atoms in total. The summed E-state index contributed by atoms with van der Waals surface area (Å²) in [6.07, 6.45) is 12.1. The molecule has 118 valence electrons. The summed E-state index contributed by atoms with van der Waals surface area (Å²) in [5.74, 6) is -2.63. The molecule has 0 spiro atoms. The number of carboxylic acids is 1. The van der Waals surface area contributed by atoms with Crippen molar-refractivity contribution in [1.29, 1.82) is 0 Å². The van der Waals surface area contributed by atoms with E-state index in [1.807, 2.05) is 0 Å². The number of ketones is 1. The summed E-state index contributed by atoms with van der Waals surface area (Å²) in [6.45, 7) is 2.22. The van der Waals surface area contributed by atoms with Crippen LogP contribution in [0.15, 0.2) is 0 Å². The van der Waals surface area contributed by atoms with E-state index in [0.29, 0.717) is 0 Å². The van der Waals surface area contributed by atoms with E-state index in [4.69, 9.17) is 5.11 Å². The fourth-order valence-corrected chi connectivity index (χ4v) is 2.28. The van der Waals surface area contributed by atoms with Crippen molar-refractivity contribution in [3.63, 3.8) is 0 Å². The lowest BCUT2D eigenvalue weighted by atomic mass is 10.0. The van der Waals surface area contributed by atoms with Gasteiger partial charge in [0.15, 0.2) is 0 Å². The van der Waals surface area contributed by atoms with Gasteiger partial charge < -0.3 is 10.2 Å². The van der Waals surface area contributed by atoms with Gasteiger partial charge in [0.2, 0.25) is 0 Å². The first-order chi connectivity index (χ1) is 9.59. The predicted octanol–water partition coefficient (Wildman–Crippen LogP) is 3.70. The molecule has 0 aromatic carbocycles. The maximum absolute atomic E-state index is 10.9. The number of carbonyl (C=O) groups is 2. The summed E-state index contributed by atoms with van der Waals surface area (Å²) in [5, 5.41) is 17.7. The summed E-state index contributed by atoms with van der Waals surface area (Å²) < 4.78 is 0. The van der Waals surface area contributed by atoms with E-state index in [1.54, 1.807) is 0 Å². The lowest BCUT2D eigenvalue weighted by Gasteiger charge is -2.06. The Balaban J connectivity index is 3.24. The molecule has 0 fully saturated rings. The summed E-state index contributed by atoms with van der Waals surface area (Å²) >= 11 is 0. The molecule has 0 rings (SSSR count). The van der Waals surface area contributed by atoms with Gasteiger partial charge in [0.25, 0.3) is 5.78 Å². The van der Waals surface area contributed by atoms with E-state index in [1.165, 1.54) is 51.4 Å². The molecule has 0 aliphatic rings. The van der Waals surface area contributed by atoms with Gasteiger partial charge in [-0.05, 0) is 6.42 Å². The van der Waals surface area contributed by atoms with Crippen molar-refractivity contribution >= 4 is 11.8 Å². The average molecular weight is 286 g/mol. The van der Waals surface area contributed by atoms with Crippen molar-refractivity contribution in [3.05, 3.63) is 0 Å². The molecule has 2 N–H and O–H groups in total. The van der Waals surface area contributed by atoms with E-state index < -0.39 is 17.9 Å². The minimum absolute atomic E-state index is 0.266. The second-order valence-corrected chi connectivity index (χ2v) is 5.51. The number of hydrogen-bond acceptors (Lipinski definition) is 3. The first-order valence-corrected chi connectivity index (χ1v) is 8.04. The van der Waals surface area contributed by atoms with Crippen LogP contribution in [-0.4, -0.2) is 28.1 Å². The molecule has 0 saturated carbocycles. The Labute approximate surface area is 122 Å². The molecule has 20 heavy (non-hydrogen) atoms. The smallest absolute Gasteiger partial charge is 0.374 e. The molecule has 0 aromatic rings. The van der Waals surface area contributed by atoms with Gasteiger partial charge >= 0.3 is 5.97 Å². The lowest BCUT2D eigenvalue weighted by Crippen LogP contribution is -2.27. The maximum Gasteiger partial charge on any atom is 0.374 e. The maximum atomic E-state index is 10.9. The molecule has 1 unspecified atom stereocenters. The molecule has 1 atom stereocenters. The topological polar surface area (TPSA) is 74.6 Å². The van der Waals surface area contributed by atoms with Crippen molar-refractivity contribution in [2.45, 2.75) is 90.1 Å². The number of unbranched alkanes of at least 4 members (excludes halogenated alkanes) is 10. The van der Waals surface area contributed by atoms with Crippen LogP contribution in [0, 0.1) is 0 Å². The Kier molecular flexibility index (Phi) is 12.5. The summed E-state index contributed by atoms with van der Waals surface area (Å²) in [6, 6.07) is 0. The van der Waals surface area contributed by atoms with Crippen molar-refractivity contribution < 1.29 is 19.8 Å². The highest BCUT2D eigenvalue weighted by Crippen LogP contribution is 2.12. The van der Waals surface area contributed by atoms with Crippen LogP contribution in [0.3, 0.4) is 0 Å². The van der Waals surface area contributed by atoms with E-state index in [2.05, 4.69) is 6.92 Å². The van der Waals surface area contributed by atoms with Crippen molar-refractivity contribution in [2.75, 3.05) is 0 Å². The highest BCUT2D eigenvalue weighted by Gasteiger charge is 2.21. The second-order valence-electron chi connectivity index (χ2n) is 5.51. The van der Waals surface area contributed by atoms with E-state index >= 15 is 0 Å². The van der Waals surface area contributed by atoms with Crippen molar-refractivity contribution in [1.82, 2.24) is 0 Å². The number of aliphatic hydroxyl groups excluding tert-OH is 1. The second kappa shape index (κ2) is 13.1. The quantitative estimate of drug-likeness (QED) is 0.377. The van der Waals surface area contributed by atoms with Gasteiger partial charge in [-0.15, -0.1) is 0 Å². The van der Waals surface area contributed by atoms with Gasteiger partial charge in [-0.25, -0.2) is 4.79 Å². The van der Waals surface area contributed by atoms with Gasteiger partial charge in [0, 0.05) is 0 Å². The van der Waals surface area contributed by atoms with Gasteiger partial charge in [-0.2, -0.15) is 0 Å². The Morgan fingerprint density at radius 1 is 0.800 bits per heavy atom. The van der Waals surface area contributed by atoms with Gasteiger partial charge in [-0.1, -0.05) is 77.6 Å². The minimum atomic E-state index is -1.54. The molecule has 0 amide bonds. The summed E-state index contributed by atoms with van der Waals surface area (Å²) in [7, 11) is 0. The summed E-state index contributed by atoms with van der Waals surface area (Å²) in [5.41, 5.74) is 0. The third-order valence-electron chi connectivity index (χ3n) is 3.59. The first-order valence-electron chi connectivity index (χ1n) is 8.04. The molecule has 0 aliphatic carbocycles. The number of carbonyl (C=O) groups excluding carboxylic acids is 1. The van der Waals surface area contributed by atoms with Crippen LogP contribution in [0.2, 0.25) is 0 Å². The largest absolute Gasteiger partial charge is 0.475 e. The fourth-order valence-electron chi connectivity index (χ4n) is 2.28. The number of carboxylic acid groups (broad SMARTS) is 1. The van der Waals surface area contributed by atoms with Crippen LogP contribution in [0.4, 0.5) is 0 Å². The van der Waals surface area contributed by atoms with Crippen molar-refractivity contribution in [2.24, 2.45) is 0 Å². The molecule has 4 heteroatoms. The molecule has 0 aliphatic heterocycles. The number of Topliss-reactive ketones (excluding diaryl/α,β-unsaturated/α-hetero) is 1. The molecular weight excluding hydrogens is 256 g/mol. The molecule has 0 aromatic heterocycles. The van der Waals surface area contributed by atoms with Crippen molar-refractivity contribution in [3.8, 4) is 0 Å². The molecule has 0 radical (unpaired) electrons. The van der Waals surface area contributed by atoms with Crippen LogP contribution in [0.5, 0.6) is 0 Å². The normalized spacial score (nSPS) is 12.3. The van der Waals surface area contributed by atoms with Crippen LogP contribution in [-0.2, 0) is 9.59 Å². The Morgan fingerprint density at radius 3 is 1.60 bits per heavy atom. The van der Waals surface area contributed by atoms with E-state index in [0.717, 1.165) is 19.3 Å². The van der Waals surface area contributed by atoms with E-state index in [9.17, 15) is 14.7 Å². The average Bonchev–Trinajstić information content (AvgIpc) is 2.43. The summed E-state index contributed by atoms with van der Waals surface area (Å²) in [4.78, 5) is 21.2. The van der Waals surface area contributed by atoms with Crippen LogP contribution in [0.1, 0.15) is 84.0 Å². The zero-order valence-electron chi connectivity index (χ0n) is 12.8. The zero-order valence-corrected chi connectivity index (χ0v) is 12.8. The van der Waals surface area contributed by atoms with E-state index in [-0.39, 0.29) is 6.42 Å². The predicted molar refractivity (Wildman–Crippen MR) is 79.7 cm³/mol. The number of hydrogen-bond donors (Lipinski definition) is 2. The fraction of sp³-hybridized carbons (Fsp3) is 0.875. The Morgan fingerprint density at radius 2 is 1.20 bits per heavy atom. The van der Waals surface area contributed by atoms with Crippen LogP contribution in [0.25, 0.3) is 0 Å². The van der Waals surface area contributed by atoms with Crippen LogP contribution < -0.4 is 0 Å². The Hall–Kier alpha value is -0.900. The zero-order chi connectivity index (χ0) is 15.2. The Bertz CT molecular complexity index is 263. The monoisotopic (exact) mass is 286 g/mol. The lowest BCUT2D eigenvalue weighted by molar-refractivity contribution is -0.153. The standard InChI is InChI=1S/C16H30O4/c1-2-3-4-5-6-7-8-9-10-11-12-13-14(17)15(18)16(19)20/h14,17H,2-13H2,1H3,(H,19,20). The third-order valence-corrected chi connectivity index (χ3v) is 3.59. The molecular formula is C16H30O4. The first kappa shape index (κ1) is 19.1. The molecule has 0 saturated heterocycles. The SMILES string of the molecule is CCCCCCCCCCCCCC(O)C(=O)C(=O)O. The molecule has 0 heterocycles. The highest BCUT2D eigenvalue weighted by atomic mass is 16.4. The number of aliphatic hydroxyl groups is 1. The van der Waals surface area contributed by atoms with Gasteiger partial charge in [0.1, 0.15) is 6.10 Å². The third kappa shape index (κ3) is 11.0. The highest BCUT2D eigenvalue weighted by molar-refractivity contribution is 6.34. The minimum Gasteiger partial charge on any atom is -0.475 e. The van der Waals surface area contributed by atoms with Crippen LogP contribution >= 0.6 is 0 Å². The van der Waals surface area contributed by atoms with Gasteiger partial charge in [0.05, 0.1) is 0 Å². The van der Waals surface area contributed by atoms with Gasteiger partial charge in [-0.3, -0.25) is 4.79 Å². The number of aliphatic carboxylic acids is 1. The molecule has 0 bridgehead atoms.